The molecule has 0 aliphatic carbocycles. The fraction of sp³-hybridized carbons (Fsp3) is 0.143. The van der Waals surface area contributed by atoms with Crippen LogP contribution in [0, 0.1) is 10.1 Å². The lowest BCUT2D eigenvalue weighted by Crippen LogP contribution is -1.94. The lowest BCUT2D eigenvalue weighted by Gasteiger charge is -2.00. The fourth-order valence-electron chi connectivity index (χ4n) is 1.16. The van der Waals surface area contributed by atoms with Crippen molar-refractivity contribution < 1.29 is 9.66 Å². The van der Waals surface area contributed by atoms with Gasteiger partial charge in [0, 0.05) is 6.07 Å². The third-order valence-electron chi connectivity index (χ3n) is 1.76. The van der Waals surface area contributed by atoms with Crippen LogP contribution in [-0.4, -0.2) is 20.8 Å². The van der Waals surface area contributed by atoms with Crippen molar-refractivity contribution in [3.05, 3.63) is 22.2 Å². The van der Waals surface area contributed by atoms with E-state index in [4.69, 9.17) is 4.74 Å². The van der Waals surface area contributed by atoms with E-state index in [9.17, 15) is 10.1 Å². The molecule has 0 amide bonds. The molecule has 6 nitrogen and oxygen atoms in total. The predicted octanol–water partition coefficient (Wildman–Crippen LogP) is 1.61. The molecule has 1 heterocycles. The Bertz CT molecular complexity index is 496. The van der Waals surface area contributed by atoms with Crippen LogP contribution in [0.4, 0.5) is 5.69 Å². The van der Waals surface area contributed by atoms with E-state index in [2.05, 4.69) is 8.75 Å². The Morgan fingerprint density at radius 2 is 2.29 bits per heavy atom. The Hall–Kier alpha value is -1.76. The monoisotopic (exact) mass is 211 g/mol. The van der Waals surface area contributed by atoms with E-state index < -0.39 is 4.92 Å². The van der Waals surface area contributed by atoms with Crippen molar-refractivity contribution in [2.45, 2.75) is 0 Å². The van der Waals surface area contributed by atoms with Gasteiger partial charge in [0.25, 0.3) is 0 Å². The molecule has 1 aromatic carbocycles. The summed E-state index contributed by atoms with van der Waals surface area (Å²) in [4.78, 5) is 10.1. The van der Waals surface area contributed by atoms with Gasteiger partial charge < -0.3 is 4.74 Å². The van der Waals surface area contributed by atoms with E-state index in [0.717, 1.165) is 11.7 Å². The highest BCUT2D eigenvalue weighted by atomic mass is 32.1. The number of aromatic nitrogens is 2. The van der Waals surface area contributed by atoms with Crippen molar-refractivity contribution in [3.63, 3.8) is 0 Å². The first-order valence-corrected chi connectivity index (χ1v) is 4.40. The maximum atomic E-state index is 10.6. The lowest BCUT2D eigenvalue weighted by molar-refractivity contribution is -0.385. The summed E-state index contributed by atoms with van der Waals surface area (Å²) in [6, 6.07) is 2.92. The van der Waals surface area contributed by atoms with E-state index in [0.29, 0.717) is 11.0 Å². The summed E-state index contributed by atoms with van der Waals surface area (Å²) in [6.07, 6.45) is 0. The standard InChI is InChI=1S/C7H5N3O3S/c1-13-7-5(10(11)12)3-2-4-6(7)9-14-8-4/h2-3H,1H3. The van der Waals surface area contributed by atoms with E-state index in [-0.39, 0.29) is 11.4 Å². The summed E-state index contributed by atoms with van der Waals surface area (Å²) in [5.41, 5.74) is 0.955. The van der Waals surface area contributed by atoms with Gasteiger partial charge in [-0.05, 0) is 6.07 Å². The quantitative estimate of drug-likeness (QED) is 0.557. The minimum atomic E-state index is -0.502. The Balaban J connectivity index is 2.78. The molecule has 0 N–H and O–H groups in total. The van der Waals surface area contributed by atoms with Crippen LogP contribution in [0.25, 0.3) is 11.0 Å². The van der Waals surface area contributed by atoms with Crippen LogP contribution in [0.15, 0.2) is 12.1 Å². The average molecular weight is 211 g/mol. The van der Waals surface area contributed by atoms with Crippen molar-refractivity contribution in [1.29, 1.82) is 0 Å². The van der Waals surface area contributed by atoms with E-state index in [1.807, 2.05) is 0 Å². The van der Waals surface area contributed by atoms with Crippen molar-refractivity contribution in [3.8, 4) is 5.75 Å². The molecule has 0 saturated carbocycles. The molecule has 0 radical (unpaired) electrons. The molecule has 0 bridgehead atoms. The Kier molecular flexibility index (Phi) is 2.01. The molecular formula is C7H5N3O3S. The molecule has 0 aliphatic rings. The maximum absolute atomic E-state index is 10.6. The van der Waals surface area contributed by atoms with Gasteiger partial charge in [0.2, 0.25) is 5.75 Å². The SMILES string of the molecule is COc1c([N+](=O)[O-])ccc2nsnc12. The molecular weight excluding hydrogens is 206 g/mol. The zero-order valence-electron chi connectivity index (χ0n) is 7.13. The zero-order valence-corrected chi connectivity index (χ0v) is 7.95. The van der Waals surface area contributed by atoms with Gasteiger partial charge in [-0.25, -0.2) is 0 Å². The summed E-state index contributed by atoms with van der Waals surface area (Å²) in [5.74, 6) is 0.168. The summed E-state index contributed by atoms with van der Waals surface area (Å²) in [7, 11) is 1.38. The first-order valence-electron chi connectivity index (χ1n) is 3.67. The first-order chi connectivity index (χ1) is 6.74. The van der Waals surface area contributed by atoms with Gasteiger partial charge in [-0.15, -0.1) is 0 Å². The minimum absolute atomic E-state index is 0.0901. The highest BCUT2D eigenvalue weighted by Crippen LogP contribution is 2.33. The van der Waals surface area contributed by atoms with Gasteiger partial charge in [0.1, 0.15) is 5.52 Å². The molecule has 0 saturated heterocycles. The molecule has 2 rings (SSSR count). The fourth-order valence-corrected chi connectivity index (χ4v) is 1.70. The van der Waals surface area contributed by atoms with Crippen molar-refractivity contribution in [1.82, 2.24) is 8.75 Å². The molecule has 0 atom stereocenters. The van der Waals surface area contributed by atoms with Crippen LogP contribution in [0.1, 0.15) is 0 Å². The minimum Gasteiger partial charge on any atom is -0.489 e. The first kappa shape index (κ1) is 8.82. The lowest BCUT2D eigenvalue weighted by atomic mass is 10.2. The molecule has 1 aromatic heterocycles. The second kappa shape index (κ2) is 3.18. The Morgan fingerprint density at radius 3 is 2.93 bits per heavy atom. The molecule has 7 heteroatoms. The van der Waals surface area contributed by atoms with Crippen molar-refractivity contribution in [2.24, 2.45) is 0 Å². The van der Waals surface area contributed by atoms with Gasteiger partial charge in [-0.1, -0.05) is 0 Å². The number of ether oxygens (including phenoxy) is 1. The zero-order chi connectivity index (χ0) is 10.1. The number of hydrogen-bond donors (Lipinski definition) is 0. The smallest absolute Gasteiger partial charge is 0.313 e. The van der Waals surface area contributed by atoms with Gasteiger partial charge in [-0.3, -0.25) is 10.1 Å². The molecule has 0 fully saturated rings. The second-order valence-electron chi connectivity index (χ2n) is 2.51. The van der Waals surface area contributed by atoms with Crippen molar-refractivity contribution >= 4 is 28.4 Å². The Morgan fingerprint density at radius 1 is 1.50 bits per heavy atom. The van der Waals surface area contributed by atoms with Gasteiger partial charge in [-0.2, -0.15) is 8.75 Å². The molecule has 2 aromatic rings. The summed E-state index contributed by atoms with van der Waals surface area (Å²) >= 11 is 1.00. The summed E-state index contributed by atoms with van der Waals surface area (Å²) < 4.78 is 12.8. The van der Waals surface area contributed by atoms with Crippen LogP contribution in [0.5, 0.6) is 5.75 Å². The van der Waals surface area contributed by atoms with Crippen LogP contribution in [0.3, 0.4) is 0 Å². The van der Waals surface area contributed by atoms with Crippen LogP contribution < -0.4 is 4.74 Å². The topological polar surface area (TPSA) is 78.2 Å². The third kappa shape index (κ3) is 1.18. The average Bonchev–Trinajstić information content (AvgIpc) is 2.63. The molecule has 0 aliphatic heterocycles. The molecule has 14 heavy (non-hydrogen) atoms. The number of methoxy groups -OCH3 is 1. The van der Waals surface area contributed by atoms with E-state index in [1.165, 1.54) is 13.2 Å². The highest BCUT2D eigenvalue weighted by Gasteiger charge is 2.19. The van der Waals surface area contributed by atoms with Crippen LogP contribution in [-0.2, 0) is 0 Å². The number of hydrogen-bond acceptors (Lipinski definition) is 6. The summed E-state index contributed by atoms with van der Waals surface area (Å²) in [6.45, 7) is 0. The molecule has 72 valence electrons. The maximum Gasteiger partial charge on any atom is 0.313 e. The molecule has 0 unspecified atom stereocenters. The molecule has 0 spiro atoms. The predicted molar refractivity (Wildman–Crippen MR) is 50.6 cm³/mol. The van der Waals surface area contributed by atoms with Gasteiger partial charge in [0.15, 0.2) is 5.52 Å². The third-order valence-corrected chi connectivity index (χ3v) is 2.30. The largest absolute Gasteiger partial charge is 0.489 e. The second-order valence-corrected chi connectivity index (χ2v) is 3.04. The normalized spacial score (nSPS) is 10.4. The number of fused-ring (bicyclic) bond motifs is 1. The van der Waals surface area contributed by atoms with E-state index >= 15 is 0 Å². The number of benzene rings is 1. The number of rotatable bonds is 2. The Labute approximate surface area is 82.6 Å². The van der Waals surface area contributed by atoms with Crippen LogP contribution in [0.2, 0.25) is 0 Å². The summed E-state index contributed by atoms with van der Waals surface area (Å²) in [5, 5.41) is 10.6. The van der Waals surface area contributed by atoms with Gasteiger partial charge in [0.05, 0.1) is 23.8 Å². The van der Waals surface area contributed by atoms with E-state index in [1.54, 1.807) is 6.07 Å². The van der Waals surface area contributed by atoms with Gasteiger partial charge >= 0.3 is 5.69 Å². The highest BCUT2D eigenvalue weighted by molar-refractivity contribution is 7.00. The van der Waals surface area contributed by atoms with Crippen LogP contribution >= 0.6 is 11.7 Å². The number of nitro benzene ring substituents is 1. The van der Waals surface area contributed by atoms with Crippen molar-refractivity contribution in [2.75, 3.05) is 7.11 Å². The number of nitrogens with zero attached hydrogens (tertiary/aromatic N) is 3. The number of nitro groups is 1.